The smallest absolute Gasteiger partial charge is 0.304 e. The van der Waals surface area contributed by atoms with Crippen molar-refractivity contribution < 1.29 is 9.90 Å². The van der Waals surface area contributed by atoms with Crippen LogP contribution in [-0.2, 0) is 10.2 Å². The van der Waals surface area contributed by atoms with E-state index in [2.05, 4.69) is 30.7 Å². The summed E-state index contributed by atoms with van der Waals surface area (Å²) in [7, 11) is 0. The molecule has 0 spiro atoms. The van der Waals surface area contributed by atoms with E-state index in [1.807, 2.05) is 24.3 Å². The molecule has 0 aliphatic carbocycles. The Kier molecular flexibility index (Phi) is 4.28. The van der Waals surface area contributed by atoms with Gasteiger partial charge >= 0.3 is 5.97 Å². The molecule has 1 aromatic heterocycles. The Bertz CT molecular complexity index is 635. The quantitative estimate of drug-likeness (QED) is 0.689. The molecule has 0 bridgehead atoms. The van der Waals surface area contributed by atoms with Gasteiger partial charge in [0.25, 0.3) is 0 Å². The number of rotatable bonds is 4. The van der Waals surface area contributed by atoms with Crippen LogP contribution in [0.3, 0.4) is 0 Å². The Hall–Kier alpha value is -1.62. The van der Waals surface area contributed by atoms with Gasteiger partial charge in [-0.25, -0.2) is 9.97 Å². The Morgan fingerprint density at radius 1 is 1.25 bits per heavy atom. The van der Waals surface area contributed by atoms with Crippen molar-refractivity contribution in [1.29, 1.82) is 0 Å². The average Bonchev–Trinajstić information content (AvgIpc) is 2.37. The normalized spacial score (nSPS) is 11.8. The summed E-state index contributed by atoms with van der Waals surface area (Å²) in [5.41, 5.74) is 0.775. The van der Waals surface area contributed by atoms with Crippen LogP contribution in [0.15, 0.2) is 29.3 Å². The zero-order valence-corrected chi connectivity index (χ0v) is 12.7. The summed E-state index contributed by atoms with van der Waals surface area (Å²) in [5, 5.41) is 10.6. The monoisotopic (exact) mass is 290 g/mol. The maximum absolute atomic E-state index is 10.6. The van der Waals surface area contributed by atoms with Gasteiger partial charge in [-0.15, -0.1) is 11.8 Å². The van der Waals surface area contributed by atoms with E-state index in [4.69, 9.17) is 5.11 Å². The molecule has 1 N–H and O–H groups in total. The lowest BCUT2D eigenvalue weighted by Crippen LogP contribution is -2.16. The van der Waals surface area contributed by atoms with Crippen LogP contribution in [0.25, 0.3) is 10.9 Å². The van der Waals surface area contributed by atoms with Crippen LogP contribution in [0.4, 0.5) is 0 Å². The second-order valence-corrected chi connectivity index (χ2v) is 6.70. The summed E-state index contributed by atoms with van der Waals surface area (Å²) in [4.78, 5) is 19.9. The van der Waals surface area contributed by atoms with E-state index in [0.29, 0.717) is 5.75 Å². The third-order valence-electron chi connectivity index (χ3n) is 2.79. The lowest BCUT2D eigenvalue weighted by molar-refractivity contribution is -0.136. The zero-order chi connectivity index (χ0) is 14.8. The van der Waals surface area contributed by atoms with Crippen LogP contribution >= 0.6 is 11.8 Å². The summed E-state index contributed by atoms with van der Waals surface area (Å²) in [5.74, 6) is 0.515. The predicted molar refractivity (Wildman–Crippen MR) is 81.2 cm³/mol. The zero-order valence-electron chi connectivity index (χ0n) is 11.9. The second kappa shape index (κ2) is 5.79. The molecule has 0 aliphatic rings. The summed E-state index contributed by atoms with van der Waals surface area (Å²) < 4.78 is 0. The van der Waals surface area contributed by atoms with Gasteiger partial charge in [-0.2, -0.15) is 0 Å². The second-order valence-electron chi connectivity index (χ2n) is 5.61. The minimum Gasteiger partial charge on any atom is -0.481 e. The fraction of sp³-hybridized carbons (Fsp3) is 0.400. The van der Waals surface area contributed by atoms with Crippen molar-refractivity contribution in [2.75, 3.05) is 5.75 Å². The first kappa shape index (κ1) is 14.8. The van der Waals surface area contributed by atoms with Crippen LogP contribution in [0, 0.1) is 0 Å². The highest BCUT2D eigenvalue weighted by Crippen LogP contribution is 2.29. The number of aromatic nitrogens is 2. The molecule has 0 amide bonds. The Morgan fingerprint density at radius 3 is 2.60 bits per heavy atom. The molecule has 0 saturated carbocycles. The summed E-state index contributed by atoms with van der Waals surface area (Å²) >= 11 is 1.48. The number of para-hydroxylation sites is 1. The number of hydrogen-bond acceptors (Lipinski definition) is 4. The Labute approximate surface area is 122 Å². The first-order chi connectivity index (χ1) is 9.38. The fourth-order valence-corrected chi connectivity index (χ4v) is 2.68. The van der Waals surface area contributed by atoms with Crippen LogP contribution < -0.4 is 0 Å². The van der Waals surface area contributed by atoms with E-state index in [1.165, 1.54) is 11.8 Å². The molecule has 5 heteroatoms. The topological polar surface area (TPSA) is 63.1 Å². The van der Waals surface area contributed by atoms with Gasteiger partial charge in [-0.1, -0.05) is 39.0 Å². The highest BCUT2D eigenvalue weighted by molar-refractivity contribution is 7.99. The first-order valence-corrected chi connectivity index (χ1v) is 7.48. The molecule has 0 unspecified atom stereocenters. The molecule has 0 aliphatic heterocycles. The number of fused-ring (bicyclic) bond motifs is 1. The Morgan fingerprint density at radius 2 is 1.95 bits per heavy atom. The highest BCUT2D eigenvalue weighted by Gasteiger charge is 2.19. The number of aliphatic carboxylic acids is 1. The maximum Gasteiger partial charge on any atom is 0.304 e. The molecule has 2 rings (SSSR count). The minimum atomic E-state index is -0.785. The maximum atomic E-state index is 10.6. The van der Waals surface area contributed by atoms with Crippen molar-refractivity contribution in [3.05, 3.63) is 30.1 Å². The molecule has 0 atom stereocenters. The molecular formula is C15H18N2O2S. The van der Waals surface area contributed by atoms with Crippen molar-refractivity contribution in [3.63, 3.8) is 0 Å². The molecule has 4 nitrogen and oxygen atoms in total. The predicted octanol–water partition coefficient (Wildman–Crippen LogP) is 3.49. The highest BCUT2D eigenvalue weighted by atomic mass is 32.2. The number of benzene rings is 1. The molecule has 0 fully saturated rings. The molecule has 106 valence electrons. The van der Waals surface area contributed by atoms with E-state index in [1.54, 1.807) is 0 Å². The van der Waals surface area contributed by atoms with E-state index >= 15 is 0 Å². The van der Waals surface area contributed by atoms with Gasteiger partial charge in [0.15, 0.2) is 0 Å². The van der Waals surface area contributed by atoms with Gasteiger partial charge in [0.1, 0.15) is 10.9 Å². The van der Waals surface area contributed by atoms with Crippen LogP contribution in [0.5, 0.6) is 0 Å². The van der Waals surface area contributed by atoms with E-state index < -0.39 is 5.97 Å². The third kappa shape index (κ3) is 3.48. The standard InChI is InChI=1S/C15H18N2O2S/c1-15(2,3)14-16-11-7-5-4-6-10(11)13(17-14)20-9-8-12(18)19/h4-7H,8-9H2,1-3H3,(H,18,19). The largest absolute Gasteiger partial charge is 0.481 e. The lowest BCUT2D eigenvalue weighted by atomic mass is 9.95. The van der Waals surface area contributed by atoms with E-state index in [9.17, 15) is 4.79 Å². The Balaban J connectivity index is 2.41. The van der Waals surface area contributed by atoms with Crippen LogP contribution in [0.1, 0.15) is 33.0 Å². The molecule has 2 aromatic rings. The number of carbonyl (C=O) groups is 1. The van der Waals surface area contributed by atoms with Crippen molar-refractivity contribution in [3.8, 4) is 0 Å². The van der Waals surface area contributed by atoms with E-state index in [-0.39, 0.29) is 11.8 Å². The summed E-state index contributed by atoms with van der Waals surface area (Å²) in [6.45, 7) is 6.22. The van der Waals surface area contributed by atoms with E-state index in [0.717, 1.165) is 21.8 Å². The number of carboxylic acid groups (broad SMARTS) is 1. The number of hydrogen-bond donors (Lipinski definition) is 1. The SMILES string of the molecule is CC(C)(C)c1nc(SCCC(=O)O)c2ccccc2n1. The van der Waals surface area contributed by atoms with Gasteiger partial charge < -0.3 is 5.11 Å². The van der Waals surface area contributed by atoms with Crippen molar-refractivity contribution >= 4 is 28.6 Å². The van der Waals surface area contributed by atoms with Gasteiger partial charge in [0.05, 0.1) is 11.9 Å². The number of carboxylic acids is 1. The summed E-state index contributed by atoms with van der Waals surface area (Å²) in [6, 6.07) is 7.84. The van der Waals surface area contributed by atoms with Crippen molar-refractivity contribution in [2.45, 2.75) is 37.6 Å². The molecule has 1 aromatic carbocycles. The molecule has 0 radical (unpaired) electrons. The van der Waals surface area contributed by atoms with Crippen LogP contribution in [-0.4, -0.2) is 26.8 Å². The lowest BCUT2D eigenvalue weighted by Gasteiger charge is -2.18. The van der Waals surface area contributed by atoms with Crippen molar-refractivity contribution in [1.82, 2.24) is 9.97 Å². The van der Waals surface area contributed by atoms with Gasteiger partial charge in [-0.3, -0.25) is 4.79 Å². The minimum absolute atomic E-state index is 0.133. The molecule has 1 heterocycles. The molecule has 0 saturated heterocycles. The fourth-order valence-electron chi connectivity index (χ4n) is 1.73. The van der Waals surface area contributed by atoms with Crippen LogP contribution in [0.2, 0.25) is 0 Å². The first-order valence-electron chi connectivity index (χ1n) is 6.50. The van der Waals surface area contributed by atoms with Gasteiger partial charge in [0.2, 0.25) is 0 Å². The third-order valence-corrected chi connectivity index (χ3v) is 3.79. The summed E-state index contributed by atoms with van der Waals surface area (Å²) in [6.07, 6.45) is 0.133. The average molecular weight is 290 g/mol. The number of thioether (sulfide) groups is 1. The van der Waals surface area contributed by atoms with Crippen molar-refractivity contribution in [2.24, 2.45) is 0 Å². The molecular weight excluding hydrogens is 272 g/mol. The number of nitrogens with zero attached hydrogens (tertiary/aromatic N) is 2. The van der Waals surface area contributed by atoms with Gasteiger partial charge in [0, 0.05) is 16.6 Å². The van der Waals surface area contributed by atoms with Gasteiger partial charge in [-0.05, 0) is 6.07 Å². The molecule has 20 heavy (non-hydrogen) atoms.